The first-order chi connectivity index (χ1) is 34.3. The molecular formula is C62H76N4O5. The summed E-state index contributed by atoms with van der Waals surface area (Å²) in [4.78, 5) is 23.3. The van der Waals surface area contributed by atoms with Gasteiger partial charge in [0.25, 0.3) is 0 Å². The van der Waals surface area contributed by atoms with Gasteiger partial charge >= 0.3 is 5.97 Å². The van der Waals surface area contributed by atoms with Crippen molar-refractivity contribution in [2.24, 2.45) is 58.2 Å². The lowest BCUT2D eigenvalue weighted by Gasteiger charge is -2.71. The standard InChI is InChI=1S/C62H76N4O5/c1-6-35-30-63-22-20-60-44-12-8-10-14-48(44)65-33-42-40-29-62(61(21-23-64(62)31-36(40)7-2)45-13-9-11-15-49(45)66(57(42)61)32-41(56(60)65)39(35)27-52(60)63)51-26-38(67)24-37-25-50(68)55-46-18-17-43(34(3)16-19-54(70)71)59(46,5)53(69)28-47(55)58(37,51)4/h6-15,25,32-34,38-40,43,46-47,50-53,55-57,67-69H,16-24,26-31H2,1-5H3,(H,70,71)/b35-6-,36-7+,41-32-,42-33-. The second kappa shape index (κ2) is 14.6. The van der Waals surface area contributed by atoms with Crippen LogP contribution in [-0.4, -0.2) is 104 Å². The number of rotatable bonds is 5. The maximum Gasteiger partial charge on any atom is 0.303 e. The van der Waals surface area contributed by atoms with E-state index in [1.54, 1.807) is 22.3 Å². The van der Waals surface area contributed by atoms with E-state index in [9.17, 15) is 25.2 Å². The third-order valence-corrected chi connectivity index (χ3v) is 24.7. The lowest BCUT2D eigenvalue weighted by Crippen LogP contribution is -2.76. The van der Waals surface area contributed by atoms with Gasteiger partial charge in [0.1, 0.15) is 0 Å². The molecule has 4 N–H and O–H groups in total. The highest BCUT2D eigenvalue weighted by atomic mass is 16.4. The molecule has 2 aromatic carbocycles. The maximum absolute atomic E-state index is 13.0. The number of allylic oxidation sites excluding steroid dienone is 2. The van der Waals surface area contributed by atoms with Gasteiger partial charge in [-0.15, -0.1) is 0 Å². The zero-order valence-electron chi connectivity index (χ0n) is 42.7. The van der Waals surface area contributed by atoms with Crippen LogP contribution in [-0.2, 0) is 15.6 Å². The zero-order valence-corrected chi connectivity index (χ0v) is 42.7. The van der Waals surface area contributed by atoms with Crippen LogP contribution >= 0.6 is 0 Å². The lowest BCUT2D eigenvalue weighted by atomic mass is 9.37. The second-order valence-corrected chi connectivity index (χ2v) is 26.1. The molecule has 13 aliphatic rings. The molecule has 15 rings (SSSR count). The summed E-state index contributed by atoms with van der Waals surface area (Å²) in [5.74, 6) is 0.435. The summed E-state index contributed by atoms with van der Waals surface area (Å²) in [6, 6.07) is 19.9. The van der Waals surface area contributed by atoms with E-state index in [0.717, 1.165) is 51.9 Å². The molecule has 7 heterocycles. The van der Waals surface area contributed by atoms with Gasteiger partial charge in [-0.1, -0.05) is 92.1 Å². The van der Waals surface area contributed by atoms with Crippen molar-refractivity contribution < 1.29 is 25.2 Å². The fourth-order valence-corrected chi connectivity index (χ4v) is 22.2. The summed E-state index contributed by atoms with van der Waals surface area (Å²) in [6.45, 7) is 15.7. The van der Waals surface area contributed by atoms with Gasteiger partial charge in [0.15, 0.2) is 0 Å². The van der Waals surface area contributed by atoms with Crippen molar-refractivity contribution in [3.8, 4) is 0 Å². The number of hydrogen-bond donors (Lipinski definition) is 4. The first kappa shape index (κ1) is 44.5. The fourth-order valence-electron chi connectivity index (χ4n) is 22.2. The molecule has 0 aromatic heterocycles. The summed E-state index contributed by atoms with van der Waals surface area (Å²) in [5.41, 5.74) is 11.9. The number of carboxylic acid groups (broad SMARTS) is 1. The molecule has 0 radical (unpaired) electrons. The van der Waals surface area contributed by atoms with Crippen molar-refractivity contribution >= 4 is 17.3 Å². The number of carboxylic acids is 1. The molecular weight excluding hydrogens is 881 g/mol. The molecule has 9 fully saturated rings. The highest BCUT2D eigenvalue weighted by molar-refractivity contribution is 5.78. The lowest BCUT2D eigenvalue weighted by molar-refractivity contribution is -0.188. The van der Waals surface area contributed by atoms with Crippen LogP contribution in [0.5, 0.6) is 0 Å². The van der Waals surface area contributed by atoms with Gasteiger partial charge in [0, 0.05) is 84.1 Å². The molecule has 4 bridgehead atoms. The first-order valence-corrected chi connectivity index (χ1v) is 28.2. The van der Waals surface area contributed by atoms with Crippen molar-refractivity contribution in [3.63, 3.8) is 0 Å². The summed E-state index contributed by atoms with van der Waals surface area (Å²) >= 11 is 0. The van der Waals surface area contributed by atoms with E-state index in [1.165, 1.54) is 40.9 Å². The van der Waals surface area contributed by atoms with Crippen molar-refractivity contribution in [1.29, 1.82) is 0 Å². The van der Waals surface area contributed by atoms with Crippen molar-refractivity contribution in [3.05, 3.63) is 118 Å². The Labute approximate surface area is 421 Å². The number of aliphatic carboxylic acids is 1. The third kappa shape index (κ3) is 5.02. The normalized spacial score (nSPS) is 50.0. The maximum atomic E-state index is 13.0. The molecule has 7 aliphatic heterocycles. The predicted molar refractivity (Wildman–Crippen MR) is 276 cm³/mol. The van der Waals surface area contributed by atoms with E-state index in [-0.39, 0.29) is 81.7 Å². The van der Waals surface area contributed by atoms with Gasteiger partial charge in [-0.05, 0) is 165 Å². The van der Waals surface area contributed by atoms with Crippen molar-refractivity contribution in [1.82, 2.24) is 9.80 Å². The fraction of sp³-hybridized carbons (Fsp3) is 0.629. The van der Waals surface area contributed by atoms with E-state index in [1.807, 2.05) is 0 Å². The van der Waals surface area contributed by atoms with Crippen LogP contribution in [0.4, 0.5) is 11.4 Å². The van der Waals surface area contributed by atoms with E-state index >= 15 is 0 Å². The average Bonchev–Trinajstić information content (AvgIpc) is 4.16. The number of aliphatic hydroxyl groups excluding tert-OH is 3. The third-order valence-electron chi connectivity index (χ3n) is 24.7. The molecule has 6 aliphatic carbocycles. The smallest absolute Gasteiger partial charge is 0.303 e. The number of piperidine rings is 2. The van der Waals surface area contributed by atoms with Crippen LogP contribution in [0.2, 0.25) is 0 Å². The Bertz CT molecular complexity index is 2830. The van der Waals surface area contributed by atoms with Crippen molar-refractivity contribution in [2.45, 2.75) is 158 Å². The highest BCUT2D eigenvalue weighted by Gasteiger charge is 2.79. The topological polar surface area (TPSA) is 111 Å². The zero-order chi connectivity index (χ0) is 48.5. The Balaban J connectivity index is 0.938. The Kier molecular flexibility index (Phi) is 9.18. The molecule has 19 atom stereocenters. The predicted octanol–water partition coefficient (Wildman–Crippen LogP) is 9.11. The van der Waals surface area contributed by atoms with Crippen LogP contribution in [0.1, 0.15) is 116 Å². The summed E-state index contributed by atoms with van der Waals surface area (Å²) < 4.78 is 0. The van der Waals surface area contributed by atoms with E-state index < -0.39 is 29.7 Å². The highest BCUT2D eigenvalue weighted by Crippen LogP contribution is 2.77. The van der Waals surface area contributed by atoms with E-state index in [0.29, 0.717) is 37.6 Å². The minimum atomic E-state index is -0.757. The van der Waals surface area contributed by atoms with Gasteiger partial charge in [0.05, 0.1) is 30.4 Å². The van der Waals surface area contributed by atoms with Gasteiger partial charge in [0.2, 0.25) is 0 Å². The Morgan fingerprint density at radius 2 is 1.52 bits per heavy atom. The number of benzene rings is 2. The Morgan fingerprint density at radius 1 is 0.817 bits per heavy atom. The van der Waals surface area contributed by atoms with Gasteiger partial charge in [-0.25, -0.2) is 0 Å². The molecule has 374 valence electrons. The Morgan fingerprint density at radius 3 is 2.28 bits per heavy atom. The number of nitrogens with zero attached hydrogens (tertiary/aromatic N) is 4. The largest absolute Gasteiger partial charge is 0.481 e. The van der Waals surface area contributed by atoms with Crippen LogP contribution in [0.3, 0.4) is 0 Å². The number of para-hydroxylation sites is 2. The monoisotopic (exact) mass is 957 g/mol. The minimum absolute atomic E-state index is 0.0198. The molecule has 0 amide bonds. The minimum Gasteiger partial charge on any atom is -0.481 e. The van der Waals surface area contributed by atoms with Crippen LogP contribution < -0.4 is 9.80 Å². The summed E-state index contributed by atoms with van der Waals surface area (Å²) in [6.07, 6.45) is 19.9. The summed E-state index contributed by atoms with van der Waals surface area (Å²) in [5, 5.41) is 47.9. The van der Waals surface area contributed by atoms with E-state index in [2.05, 4.69) is 133 Å². The molecule has 9 nitrogen and oxygen atoms in total. The number of aliphatic hydroxyl groups is 3. The van der Waals surface area contributed by atoms with E-state index in [4.69, 9.17) is 0 Å². The average molecular weight is 957 g/mol. The van der Waals surface area contributed by atoms with Crippen LogP contribution in [0.25, 0.3) is 0 Å². The molecule has 19 unspecified atom stereocenters. The first-order valence-electron chi connectivity index (χ1n) is 28.2. The molecule has 4 saturated heterocycles. The number of hydrogen-bond acceptors (Lipinski definition) is 8. The second-order valence-electron chi connectivity index (χ2n) is 26.1. The van der Waals surface area contributed by atoms with Gasteiger partial charge < -0.3 is 30.2 Å². The number of fused-ring (bicyclic) bond motifs is 13. The number of carbonyl (C=O) groups is 1. The molecule has 2 spiro atoms. The summed E-state index contributed by atoms with van der Waals surface area (Å²) in [7, 11) is 0. The number of anilines is 2. The quantitative estimate of drug-likeness (QED) is 0.218. The SMILES string of the molecule is C/C=C1\CN2CCC34c5ccccc5N5/C=C6/C7CC8N(CCC89c8ccccc8N(/C=C(/C1CC23C1CC(O)CC2=CC(O)C3C(CC(O)C8(C)C(C(C)CCC(=O)O)CCC38)C21C)C54)C69)C/C7=C/C. The van der Waals surface area contributed by atoms with Gasteiger partial charge in [-0.3, -0.25) is 14.6 Å². The van der Waals surface area contributed by atoms with Crippen molar-refractivity contribution in [2.75, 3.05) is 36.0 Å². The van der Waals surface area contributed by atoms with Crippen LogP contribution in [0, 0.1) is 58.2 Å². The Hall–Kier alpha value is -3.99. The molecule has 5 saturated carbocycles. The molecule has 2 aromatic rings. The molecule has 9 heteroatoms. The molecule has 71 heavy (non-hydrogen) atoms. The van der Waals surface area contributed by atoms with Crippen LogP contribution in [0.15, 0.2) is 107 Å². The van der Waals surface area contributed by atoms with Gasteiger partial charge in [-0.2, -0.15) is 0 Å².